The summed E-state index contributed by atoms with van der Waals surface area (Å²) < 4.78 is 43.8. The van der Waals surface area contributed by atoms with Crippen molar-refractivity contribution >= 4 is 0 Å². The van der Waals surface area contributed by atoms with Crippen molar-refractivity contribution in [1.82, 2.24) is 5.32 Å². The van der Waals surface area contributed by atoms with Crippen LogP contribution in [0.1, 0.15) is 42.9 Å². The number of benzene rings is 1. The van der Waals surface area contributed by atoms with Gasteiger partial charge in [-0.05, 0) is 49.3 Å². The Labute approximate surface area is 134 Å². The molecule has 0 aliphatic heterocycles. The molecule has 6 heteroatoms. The molecule has 2 rings (SSSR count). The normalized spacial score (nSPS) is 23.7. The molecule has 0 saturated heterocycles. The van der Waals surface area contributed by atoms with Crippen molar-refractivity contribution in [3.05, 3.63) is 35.4 Å². The van der Waals surface area contributed by atoms with Gasteiger partial charge in [0.2, 0.25) is 0 Å². The van der Waals surface area contributed by atoms with Gasteiger partial charge in [0, 0.05) is 19.8 Å². The molecule has 0 spiro atoms. The Hall–Kier alpha value is -1.11. The lowest BCUT2D eigenvalue weighted by Crippen LogP contribution is -2.38. The van der Waals surface area contributed by atoms with Crippen molar-refractivity contribution in [2.45, 2.75) is 43.9 Å². The van der Waals surface area contributed by atoms with E-state index in [1.807, 2.05) is 0 Å². The Morgan fingerprint density at radius 2 is 1.96 bits per heavy atom. The molecule has 1 atom stereocenters. The molecule has 1 aliphatic carbocycles. The topological polar surface area (TPSA) is 41.5 Å². The molecule has 2 N–H and O–H groups in total. The Kier molecular flexibility index (Phi) is 6.44. The fourth-order valence-electron chi connectivity index (χ4n) is 3.14. The second kappa shape index (κ2) is 8.13. The summed E-state index contributed by atoms with van der Waals surface area (Å²) in [5.74, 6) is 0.350. The Morgan fingerprint density at radius 3 is 2.52 bits per heavy atom. The minimum Gasteiger partial charge on any atom is -0.396 e. The Balaban J connectivity index is 2.06. The van der Waals surface area contributed by atoms with Crippen molar-refractivity contribution < 1.29 is 23.0 Å². The number of ether oxygens (including phenoxy) is 1. The summed E-state index contributed by atoms with van der Waals surface area (Å²) in [6.45, 7) is 0.531. The van der Waals surface area contributed by atoms with Crippen LogP contribution in [0.3, 0.4) is 0 Å². The van der Waals surface area contributed by atoms with Gasteiger partial charge in [-0.25, -0.2) is 0 Å². The highest BCUT2D eigenvalue weighted by atomic mass is 19.4. The van der Waals surface area contributed by atoms with Gasteiger partial charge in [-0.3, -0.25) is 0 Å². The molecule has 1 unspecified atom stereocenters. The lowest BCUT2D eigenvalue weighted by molar-refractivity contribution is -0.137. The summed E-state index contributed by atoms with van der Waals surface area (Å²) in [5.41, 5.74) is -0.0483. The third-order valence-corrected chi connectivity index (χ3v) is 4.49. The number of aliphatic hydroxyl groups is 1. The third-order valence-electron chi connectivity index (χ3n) is 4.49. The van der Waals surface area contributed by atoms with Gasteiger partial charge >= 0.3 is 6.18 Å². The molecule has 0 heterocycles. The summed E-state index contributed by atoms with van der Waals surface area (Å²) in [6.07, 6.45) is -0.617. The fraction of sp³-hybridized carbons (Fsp3) is 0.647. The second-order valence-electron chi connectivity index (χ2n) is 6.20. The van der Waals surface area contributed by atoms with Crippen LogP contribution in [-0.2, 0) is 10.9 Å². The van der Waals surface area contributed by atoms with Crippen LogP contribution in [0.5, 0.6) is 0 Å². The van der Waals surface area contributed by atoms with Gasteiger partial charge in [0.25, 0.3) is 0 Å². The number of methoxy groups -OCH3 is 1. The van der Waals surface area contributed by atoms with Crippen LogP contribution in [0.25, 0.3) is 0 Å². The van der Waals surface area contributed by atoms with Crippen molar-refractivity contribution in [3.63, 3.8) is 0 Å². The zero-order valence-electron chi connectivity index (χ0n) is 13.3. The monoisotopic (exact) mass is 331 g/mol. The molecule has 0 amide bonds. The Bertz CT molecular complexity index is 485. The lowest BCUT2D eigenvalue weighted by atomic mass is 9.86. The molecular formula is C17H24F3NO2. The summed E-state index contributed by atoms with van der Waals surface area (Å²) in [5, 5.41) is 12.6. The maximum atomic E-state index is 12.9. The molecule has 1 saturated carbocycles. The number of alkyl halides is 3. The van der Waals surface area contributed by atoms with Crippen LogP contribution in [-0.4, -0.2) is 31.5 Å². The maximum absolute atomic E-state index is 12.9. The quantitative estimate of drug-likeness (QED) is 0.838. The van der Waals surface area contributed by atoms with E-state index in [2.05, 4.69) is 5.32 Å². The van der Waals surface area contributed by atoms with E-state index >= 15 is 0 Å². The molecule has 0 radical (unpaired) electrons. The number of hydrogen-bond donors (Lipinski definition) is 2. The molecular weight excluding hydrogens is 307 g/mol. The van der Waals surface area contributed by atoms with Gasteiger partial charge in [-0.15, -0.1) is 0 Å². The van der Waals surface area contributed by atoms with Gasteiger partial charge < -0.3 is 15.2 Å². The van der Waals surface area contributed by atoms with E-state index in [-0.39, 0.29) is 18.7 Å². The number of nitrogens with one attached hydrogen (secondary N) is 1. The van der Waals surface area contributed by atoms with Crippen LogP contribution in [0.15, 0.2) is 24.3 Å². The van der Waals surface area contributed by atoms with Gasteiger partial charge in [0.15, 0.2) is 0 Å². The second-order valence-corrected chi connectivity index (χ2v) is 6.20. The third kappa shape index (κ3) is 5.19. The van der Waals surface area contributed by atoms with Crippen LogP contribution >= 0.6 is 0 Å². The minimum absolute atomic E-state index is 0.210. The van der Waals surface area contributed by atoms with Crippen molar-refractivity contribution in [3.8, 4) is 0 Å². The molecule has 23 heavy (non-hydrogen) atoms. The average Bonchev–Trinajstić information content (AvgIpc) is 2.54. The average molecular weight is 331 g/mol. The standard InChI is InChI=1S/C17H24F3NO2/c1-23-11-16(21-15-7-5-12(10-22)6-8-15)13-3-2-4-14(9-13)17(18,19)20/h2-4,9,12,15-16,21-22H,5-8,10-11H2,1H3. The minimum atomic E-state index is -4.34. The molecule has 3 nitrogen and oxygen atoms in total. The van der Waals surface area contributed by atoms with Crippen LogP contribution in [0.2, 0.25) is 0 Å². The zero-order chi connectivity index (χ0) is 16.9. The van der Waals surface area contributed by atoms with Gasteiger partial charge in [0.1, 0.15) is 0 Å². The zero-order valence-corrected chi connectivity index (χ0v) is 13.3. The number of halogens is 3. The largest absolute Gasteiger partial charge is 0.416 e. The number of hydrogen-bond acceptors (Lipinski definition) is 3. The van der Waals surface area contributed by atoms with Crippen molar-refractivity contribution in [2.24, 2.45) is 5.92 Å². The molecule has 130 valence electrons. The summed E-state index contributed by atoms with van der Waals surface area (Å²) in [6, 6.07) is 5.39. The SMILES string of the molecule is COCC(NC1CCC(CO)CC1)c1cccc(C(F)(F)F)c1. The van der Waals surface area contributed by atoms with Crippen LogP contribution in [0, 0.1) is 5.92 Å². The van der Waals surface area contributed by atoms with E-state index in [9.17, 15) is 18.3 Å². The van der Waals surface area contributed by atoms with E-state index in [4.69, 9.17) is 4.74 Å². The molecule has 1 aromatic carbocycles. The highest BCUT2D eigenvalue weighted by Crippen LogP contribution is 2.31. The summed E-state index contributed by atoms with van der Waals surface area (Å²) in [4.78, 5) is 0. The molecule has 1 aliphatic rings. The van der Waals surface area contributed by atoms with Crippen molar-refractivity contribution in [1.29, 1.82) is 0 Å². The van der Waals surface area contributed by atoms with Crippen LogP contribution < -0.4 is 5.32 Å². The van der Waals surface area contributed by atoms with E-state index < -0.39 is 11.7 Å². The number of rotatable bonds is 6. The van der Waals surface area contributed by atoms with Crippen LogP contribution in [0.4, 0.5) is 13.2 Å². The lowest BCUT2D eigenvalue weighted by Gasteiger charge is -2.31. The summed E-state index contributed by atoms with van der Waals surface area (Å²) in [7, 11) is 1.55. The van der Waals surface area contributed by atoms with Gasteiger partial charge in [-0.1, -0.05) is 12.1 Å². The first-order chi connectivity index (χ1) is 10.9. The van der Waals surface area contributed by atoms with E-state index in [0.717, 1.165) is 31.7 Å². The van der Waals surface area contributed by atoms with Gasteiger partial charge in [-0.2, -0.15) is 13.2 Å². The van der Waals surface area contributed by atoms with Crippen molar-refractivity contribution in [2.75, 3.05) is 20.3 Å². The van der Waals surface area contributed by atoms with E-state index in [1.165, 1.54) is 12.1 Å². The van der Waals surface area contributed by atoms with E-state index in [0.29, 0.717) is 18.1 Å². The first-order valence-electron chi connectivity index (χ1n) is 7.97. The Morgan fingerprint density at radius 1 is 1.26 bits per heavy atom. The van der Waals surface area contributed by atoms with E-state index in [1.54, 1.807) is 13.2 Å². The molecule has 1 aromatic rings. The highest BCUT2D eigenvalue weighted by molar-refractivity contribution is 5.28. The van der Waals surface area contributed by atoms with Gasteiger partial charge in [0.05, 0.1) is 18.2 Å². The first kappa shape index (κ1) is 18.2. The fourth-order valence-corrected chi connectivity index (χ4v) is 3.14. The molecule has 0 bridgehead atoms. The number of aliphatic hydroxyl groups excluding tert-OH is 1. The summed E-state index contributed by atoms with van der Waals surface area (Å²) >= 11 is 0. The maximum Gasteiger partial charge on any atom is 0.416 e. The smallest absolute Gasteiger partial charge is 0.396 e. The first-order valence-corrected chi connectivity index (χ1v) is 7.97. The molecule has 0 aromatic heterocycles. The predicted octanol–water partition coefficient (Wildman–Crippen LogP) is 3.53. The highest BCUT2D eigenvalue weighted by Gasteiger charge is 2.31. The molecule has 1 fully saturated rings. The predicted molar refractivity (Wildman–Crippen MR) is 82.0 cm³/mol.